The summed E-state index contributed by atoms with van der Waals surface area (Å²) >= 11 is 6.06. The summed E-state index contributed by atoms with van der Waals surface area (Å²) in [5.41, 5.74) is 12.3. The van der Waals surface area contributed by atoms with E-state index in [2.05, 4.69) is 35.6 Å². The minimum atomic E-state index is -0.385. The molecule has 0 atom stereocenters. The quantitative estimate of drug-likeness (QED) is 0.534. The normalized spacial score (nSPS) is 13.8. The van der Waals surface area contributed by atoms with E-state index in [1.54, 1.807) is 30.5 Å². The summed E-state index contributed by atoms with van der Waals surface area (Å²) in [6.07, 6.45) is 3.21. The van der Waals surface area contributed by atoms with Gasteiger partial charge in [-0.15, -0.1) is 0 Å². The number of nitrogens with zero attached hydrogens (tertiary/aromatic N) is 5. The molecule has 0 bridgehead atoms. The molecule has 1 amide bonds. The molecule has 0 unspecified atom stereocenters. The maximum Gasteiger partial charge on any atom is 0.271 e. The molecule has 3 aromatic rings. The van der Waals surface area contributed by atoms with Gasteiger partial charge in [0, 0.05) is 32.4 Å². The minimum Gasteiger partial charge on any atom is -0.393 e. The third-order valence-corrected chi connectivity index (χ3v) is 5.16. The van der Waals surface area contributed by atoms with Crippen molar-refractivity contribution < 1.29 is 4.79 Å². The summed E-state index contributed by atoms with van der Waals surface area (Å²) in [4.78, 5) is 29.5. The number of benzene rings is 1. The Morgan fingerprint density at radius 1 is 0.967 bits per heavy atom. The lowest BCUT2D eigenvalue weighted by atomic mass is 10.2. The number of hydrogen-bond donors (Lipinski definition) is 3. The maximum atomic E-state index is 12.3. The molecule has 1 fully saturated rings. The Labute approximate surface area is 178 Å². The molecule has 2 aromatic heterocycles. The van der Waals surface area contributed by atoms with Gasteiger partial charge in [-0.25, -0.2) is 15.0 Å². The summed E-state index contributed by atoms with van der Waals surface area (Å²) in [6.45, 7) is 3.07. The minimum absolute atomic E-state index is 0.326. The van der Waals surface area contributed by atoms with Crippen LogP contribution in [0.15, 0.2) is 55.0 Å². The van der Waals surface area contributed by atoms with Crippen LogP contribution in [-0.2, 0) is 0 Å². The average molecular weight is 425 g/mol. The number of nitrogen functional groups attached to an aromatic ring is 1. The van der Waals surface area contributed by atoms with Crippen LogP contribution in [0.5, 0.6) is 0 Å². The SMILES string of the molecule is Nc1c(NNC(=O)c2ccccc2Cl)ncnc1N1CCN(c2ccccn2)CC1. The van der Waals surface area contributed by atoms with Gasteiger partial charge in [-0.2, -0.15) is 0 Å². The summed E-state index contributed by atoms with van der Waals surface area (Å²) < 4.78 is 0. The largest absolute Gasteiger partial charge is 0.393 e. The molecule has 1 aliphatic heterocycles. The number of nitrogens with two attached hydrogens (primary N) is 1. The summed E-state index contributed by atoms with van der Waals surface area (Å²) in [5.74, 6) is 1.52. The van der Waals surface area contributed by atoms with Crippen molar-refractivity contribution in [3.8, 4) is 0 Å². The molecule has 9 nitrogen and oxygen atoms in total. The molecule has 0 saturated carbocycles. The Balaban J connectivity index is 1.41. The summed E-state index contributed by atoms with van der Waals surface area (Å²) in [6, 6.07) is 12.7. The van der Waals surface area contributed by atoms with Crippen molar-refractivity contribution >= 4 is 40.6 Å². The van der Waals surface area contributed by atoms with E-state index in [4.69, 9.17) is 17.3 Å². The molecule has 1 aliphatic rings. The van der Waals surface area contributed by atoms with E-state index in [1.165, 1.54) is 6.33 Å². The highest BCUT2D eigenvalue weighted by molar-refractivity contribution is 6.33. The second-order valence-electron chi connectivity index (χ2n) is 6.68. The molecule has 0 aliphatic carbocycles. The van der Waals surface area contributed by atoms with Gasteiger partial charge in [-0.05, 0) is 24.3 Å². The fourth-order valence-electron chi connectivity index (χ4n) is 3.25. The molecule has 4 rings (SSSR count). The van der Waals surface area contributed by atoms with E-state index in [0.717, 1.165) is 32.0 Å². The smallest absolute Gasteiger partial charge is 0.271 e. The topological polar surface area (TPSA) is 112 Å². The number of aromatic nitrogens is 3. The zero-order valence-electron chi connectivity index (χ0n) is 16.1. The lowest BCUT2D eigenvalue weighted by Gasteiger charge is -2.36. The van der Waals surface area contributed by atoms with Crippen LogP contribution in [0.25, 0.3) is 0 Å². The second kappa shape index (κ2) is 8.83. The van der Waals surface area contributed by atoms with Gasteiger partial charge in [0.1, 0.15) is 17.8 Å². The van der Waals surface area contributed by atoms with Crippen LogP contribution in [-0.4, -0.2) is 47.0 Å². The van der Waals surface area contributed by atoms with E-state index in [-0.39, 0.29) is 5.91 Å². The van der Waals surface area contributed by atoms with E-state index in [1.807, 2.05) is 18.2 Å². The Morgan fingerprint density at radius 3 is 2.43 bits per heavy atom. The number of piperazine rings is 1. The van der Waals surface area contributed by atoms with Crippen LogP contribution >= 0.6 is 11.6 Å². The molecule has 4 N–H and O–H groups in total. The molecule has 1 aromatic carbocycles. The Hall–Kier alpha value is -3.59. The fourth-order valence-corrected chi connectivity index (χ4v) is 3.48. The molecule has 10 heteroatoms. The van der Waals surface area contributed by atoms with Crippen LogP contribution in [0.1, 0.15) is 10.4 Å². The number of hydrogen-bond acceptors (Lipinski definition) is 8. The Bertz CT molecular complexity index is 1020. The van der Waals surface area contributed by atoms with Gasteiger partial charge in [-0.1, -0.05) is 29.8 Å². The summed E-state index contributed by atoms with van der Waals surface area (Å²) in [5, 5.41) is 0.360. The van der Waals surface area contributed by atoms with Crippen LogP contribution < -0.4 is 26.4 Å². The average Bonchev–Trinajstić information content (AvgIpc) is 2.79. The maximum absolute atomic E-state index is 12.3. The van der Waals surface area contributed by atoms with Crippen LogP contribution in [0.2, 0.25) is 5.02 Å². The van der Waals surface area contributed by atoms with E-state index >= 15 is 0 Å². The fraction of sp³-hybridized carbons (Fsp3) is 0.200. The first-order valence-electron chi connectivity index (χ1n) is 9.46. The van der Waals surface area contributed by atoms with E-state index in [9.17, 15) is 4.79 Å². The number of carbonyl (C=O) groups is 1. The Morgan fingerprint density at radius 2 is 1.70 bits per heavy atom. The lowest BCUT2D eigenvalue weighted by molar-refractivity contribution is 0.0962. The third-order valence-electron chi connectivity index (χ3n) is 4.83. The monoisotopic (exact) mass is 424 g/mol. The number of pyridine rings is 1. The number of rotatable bonds is 5. The van der Waals surface area contributed by atoms with Gasteiger partial charge in [0.15, 0.2) is 11.6 Å². The number of hydrazine groups is 1. The van der Waals surface area contributed by atoms with Gasteiger partial charge in [0.2, 0.25) is 0 Å². The first-order chi connectivity index (χ1) is 14.6. The van der Waals surface area contributed by atoms with Gasteiger partial charge in [0.05, 0.1) is 10.6 Å². The molecule has 30 heavy (non-hydrogen) atoms. The van der Waals surface area contributed by atoms with Crippen LogP contribution in [0.3, 0.4) is 0 Å². The Kier molecular flexibility index (Phi) is 5.80. The van der Waals surface area contributed by atoms with Crippen molar-refractivity contribution in [3.63, 3.8) is 0 Å². The van der Waals surface area contributed by atoms with E-state index in [0.29, 0.717) is 27.9 Å². The van der Waals surface area contributed by atoms with Gasteiger partial charge in [-0.3, -0.25) is 15.6 Å². The molecular weight excluding hydrogens is 404 g/mol. The zero-order chi connectivity index (χ0) is 20.9. The predicted molar refractivity (Wildman–Crippen MR) is 118 cm³/mol. The summed E-state index contributed by atoms with van der Waals surface area (Å²) in [7, 11) is 0. The predicted octanol–water partition coefficient (Wildman–Crippen LogP) is 2.19. The van der Waals surface area contributed by atoms with Crippen molar-refractivity contribution in [2.45, 2.75) is 0 Å². The zero-order valence-corrected chi connectivity index (χ0v) is 16.9. The van der Waals surface area contributed by atoms with Crippen molar-refractivity contribution in [1.82, 2.24) is 20.4 Å². The first-order valence-corrected chi connectivity index (χ1v) is 9.83. The lowest BCUT2D eigenvalue weighted by Crippen LogP contribution is -2.47. The van der Waals surface area contributed by atoms with Crippen molar-refractivity contribution in [3.05, 3.63) is 65.6 Å². The van der Waals surface area contributed by atoms with Crippen molar-refractivity contribution in [1.29, 1.82) is 0 Å². The highest BCUT2D eigenvalue weighted by Crippen LogP contribution is 2.27. The first kappa shape index (κ1) is 19.7. The highest BCUT2D eigenvalue weighted by atomic mass is 35.5. The molecular formula is C20H21ClN8O. The standard InChI is InChI=1S/C20H21ClN8O/c21-15-6-2-1-5-14(15)20(30)27-26-18-17(22)19(25-13-24-18)29-11-9-28(10-12-29)16-7-3-4-8-23-16/h1-8,13H,9-12,22H2,(H,27,30)(H,24,25,26). The second-order valence-corrected chi connectivity index (χ2v) is 7.09. The molecule has 0 spiro atoms. The van der Waals surface area contributed by atoms with E-state index < -0.39 is 0 Å². The number of amides is 1. The molecule has 154 valence electrons. The number of nitrogens with one attached hydrogen (secondary N) is 2. The number of carbonyl (C=O) groups excluding carboxylic acids is 1. The molecule has 3 heterocycles. The van der Waals surface area contributed by atoms with Gasteiger partial charge >= 0.3 is 0 Å². The van der Waals surface area contributed by atoms with Crippen molar-refractivity contribution in [2.24, 2.45) is 0 Å². The molecule has 0 radical (unpaired) electrons. The third kappa shape index (κ3) is 4.20. The highest BCUT2D eigenvalue weighted by Gasteiger charge is 2.22. The van der Waals surface area contributed by atoms with Crippen LogP contribution in [0, 0.1) is 0 Å². The number of halogens is 1. The molecule has 1 saturated heterocycles. The number of anilines is 4. The van der Waals surface area contributed by atoms with Crippen LogP contribution in [0.4, 0.5) is 23.1 Å². The van der Waals surface area contributed by atoms with Gasteiger partial charge in [0.25, 0.3) is 5.91 Å². The van der Waals surface area contributed by atoms with Gasteiger partial charge < -0.3 is 15.5 Å². The van der Waals surface area contributed by atoms with Crippen molar-refractivity contribution in [2.75, 3.05) is 47.1 Å².